The average Bonchev–Trinajstić information content (AvgIpc) is 2.80. The number of thioether (sulfide) groups is 1. The van der Waals surface area contributed by atoms with Gasteiger partial charge in [-0.1, -0.05) is 31.5 Å². The lowest BCUT2D eigenvalue weighted by Crippen LogP contribution is -2.07. The minimum atomic E-state index is 0.653. The van der Waals surface area contributed by atoms with E-state index in [-0.39, 0.29) is 0 Å². The fourth-order valence-electron chi connectivity index (χ4n) is 2.12. The van der Waals surface area contributed by atoms with Gasteiger partial charge < -0.3 is 5.32 Å². The number of nitrogens with zero attached hydrogens (tertiary/aromatic N) is 1. The molecule has 2 rings (SSSR count). The zero-order chi connectivity index (χ0) is 15.2. The number of thiazole rings is 1. The van der Waals surface area contributed by atoms with E-state index in [1.807, 2.05) is 30.1 Å². The van der Waals surface area contributed by atoms with E-state index >= 15 is 0 Å². The number of benzene rings is 1. The third-order valence-electron chi connectivity index (χ3n) is 3.14. The number of hydrogen-bond donors (Lipinski definition) is 1. The van der Waals surface area contributed by atoms with Gasteiger partial charge in [-0.05, 0) is 38.4 Å². The molecule has 0 saturated carbocycles. The summed E-state index contributed by atoms with van der Waals surface area (Å²) >= 11 is 3.72. The Morgan fingerprint density at radius 2 is 1.95 bits per heavy atom. The Kier molecular flexibility index (Phi) is 6.27. The molecular weight excluding hydrogens is 296 g/mol. The summed E-state index contributed by atoms with van der Waals surface area (Å²) in [6.45, 7) is 7.55. The molecule has 0 saturated heterocycles. The average molecular weight is 321 g/mol. The highest BCUT2D eigenvalue weighted by Gasteiger charge is 2.12. The van der Waals surface area contributed by atoms with Crippen LogP contribution >= 0.6 is 23.1 Å². The molecule has 1 N–H and O–H groups in total. The zero-order valence-corrected chi connectivity index (χ0v) is 14.9. The standard InChI is InChI=1S/C17H24N2S2/c1-12(2)9-15-16(10-18-4)21-17(19-15)11-20-14-7-5-13(3)6-8-14/h5-8,12,18H,9-11H2,1-4H3. The van der Waals surface area contributed by atoms with Crippen molar-refractivity contribution in [3.05, 3.63) is 45.4 Å². The normalized spacial score (nSPS) is 11.3. The first kappa shape index (κ1) is 16.5. The molecule has 4 heteroatoms. The van der Waals surface area contributed by atoms with Gasteiger partial charge in [-0.2, -0.15) is 0 Å². The van der Waals surface area contributed by atoms with Gasteiger partial charge in [0.05, 0.1) is 11.4 Å². The molecule has 2 nitrogen and oxygen atoms in total. The smallest absolute Gasteiger partial charge is 0.103 e. The van der Waals surface area contributed by atoms with E-state index < -0.39 is 0 Å². The first-order valence-corrected chi connectivity index (χ1v) is 9.20. The van der Waals surface area contributed by atoms with Crippen molar-refractivity contribution in [1.82, 2.24) is 10.3 Å². The van der Waals surface area contributed by atoms with Gasteiger partial charge in [-0.15, -0.1) is 23.1 Å². The SMILES string of the molecule is CNCc1sc(CSc2ccc(C)cc2)nc1CC(C)C. The zero-order valence-electron chi connectivity index (χ0n) is 13.3. The maximum Gasteiger partial charge on any atom is 0.103 e. The molecule has 1 aromatic heterocycles. The lowest BCUT2D eigenvalue weighted by Gasteiger charge is -2.03. The summed E-state index contributed by atoms with van der Waals surface area (Å²) < 4.78 is 0. The maximum absolute atomic E-state index is 4.86. The largest absolute Gasteiger partial charge is 0.315 e. The van der Waals surface area contributed by atoms with Gasteiger partial charge in [0.1, 0.15) is 5.01 Å². The minimum absolute atomic E-state index is 0.653. The summed E-state index contributed by atoms with van der Waals surface area (Å²) in [5, 5.41) is 4.49. The summed E-state index contributed by atoms with van der Waals surface area (Å²) in [4.78, 5) is 7.57. The van der Waals surface area contributed by atoms with Crippen molar-refractivity contribution in [3.63, 3.8) is 0 Å². The van der Waals surface area contributed by atoms with Gasteiger partial charge in [0.25, 0.3) is 0 Å². The molecule has 0 unspecified atom stereocenters. The fourth-order valence-corrected chi connectivity index (χ4v) is 4.12. The first-order chi connectivity index (χ1) is 10.1. The number of nitrogens with one attached hydrogen (secondary N) is 1. The molecule has 0 fully saturated rings. The monoisotopic (exact) mass is 320 g/mol. The van der Waals surface area contributed by atoms with Crippen molar-refractivity contribution in [2.24, 2.45) is 5.92 Å². The third kappa shape index (κ3) is 5.13. The Hall–Kier alpha value is -0.840. The van der Waals surface area contributed by atoms with E-state index in [1.54, 1.807) is 0 Å². The van der Waals surface area contributed by atoms with Crippen LogP contribution in [0.4, 0.5) is 0 Å². The molecule has 0 aliphatic heterocycles. The van der Waals surface area contributed by atoms with Crippen molar-refractivity contribution in [3.8, 4) is 0 Å². The van der Waals surface area contributed by atoms with Gasteiger partial charge in [-0.3, -0.25) is 0 Å². The Morgan fingerprint density at radius 1 is 1.24 bits per heavy atom. The van der Waals surface area contributed by atoms with Gasteiger partial charge in [0.15, 0.2) is 0 Å². The Morgan fingerprint density at radius 3 is 2.57 bits per heavy atom. The Balaban J connectivity index is 2.03. The van der Waals surface area contributed by atoms with Crippen LogP contribution in [0.15, 0.2) is 29.2 Å². The highest BCUT2D eigenvalue weighted by Crippen LogP contribution is 2.28. The van der Waals surface area contributed by atoms with E-state index in [0.29, 0.717) is 5.92 Å². The van der Waals surface area contributed by atoms with Crippen LogP contribution < -0.4 is 5.32 Å². The second kappa shape index (κ2) is 7.97. The van der Waals surface area contributed by atoms with E-state index in [4.69, 9.17) is 4.98 Å². The van der Waals surface area contributed by atoms with Crippen LogP contribution in [0.5, 0.6) is 0 Å². The second-order valence-corrected chi connectivity index (χ2v) is 7.92. The van der Waals surface area contributed by atoms with Crippen LogP contribution in [0, 0.1) is 12.8 Å². The third-order valence-corrected chi connectivity index (χ3v) is 5.45. The summed E-state index contributed by atoms with van der Waals surface area (Å²) in [6, 6.07) is 8.72. The molecular formula is C17H24N2S2. The predicted octanol–water partition coefficient (Wildman–Crippen LogP) is 4.66. The van der Waals surface area contributed by atoms with Gasteiger partial charge in [0, 0.05) is 16.3 Å². The summed E-state index contributed by atoms with van der Waals surface area (Å²) in [7, 11) is 2.00. The molecule has 2 aromatic rings. The lowest BCUT2D eigenvalue weighted by molar-refractivity contribution is 0.630. The summed E-state index contributed by atoms with van der Waals surface area (Å²) in [5.41, 5.74) is 2.59. The van der Waals surface area contributed by atoms with E-state index in [9.17, 15) is 0 Å². The Labute approximate surface area is 136 Å². The molecule has 0 spiro atoms. The quantitative estimate of drug-likeness (QED) is 0.751. The number of rotatable bonds is 7. The Bertz CT molecular complexity index is 559. The molecule has 114 valence electrons. The maximum atomic E-state index is 4.86. The molecule has 21 heavy (non-hydrogen) atoms. The molecule has 0 aliphatic rings. The van der Waals surface area contributed by atoms with Gasteiger partial charge in [-0.25, -0.2) is 4.98 Å². The molecule has 0 radical (unpaired) electrons. The molecule has 0 aliphatic carbocycles. The molecule has 0 bridgehead atoms. The van der Waals surface area contributed by atoms with Gasteiger partial charge in [0.2, 0.25) is 0 Å². The number of aromatic nitrogens is 1. The summed E-state index contributed by atoms with van der Waals surface area (Å²) in [6.07, 6.45) is 1.07. The van der Waals surface area contributed by atoms with Crippen molar-refractivity contribution >= 4 is 23.1 Å². The van der Waals surface area contributed by atoms with E-state index in [1.165, 1.54) is 26.0 Å². The highest BCUT2D eigenvalue weighted by molar-refractivity contribution is 7.98. The van der Waals surface area contributed by atoms with Crippen LogP contribution in [0.3, 0.4) is 0 Å². The topological polar surface area (TPSA) is 24.9 Å². The first-order valence-electron chi connectivity index (χ1n) is 7.40. The van der Waals surface area contributed by atoms with Crippen molar-refractivity contribution in [2.45, 2.75) is 44.4 Å². The fraction of sp³-hybridized carbons (Fsp3) is 0.471. The predicted molar refractivity (Wildman–Crippen MR) is 94.2 cm³/mol. The molecule has 1 aromatic carbocycles. The second-order valence-electron chi connectivity index (χ2n) is 5.71. The molecule has 0 atom stereocenters. The number of aryl methyl sites for hydroxylation is 1. The minimum Gasteiger partial charge on any atom is -0.315 e. The summed E-state index contributed by atoms with van der Waals surface area (Å²) in [5.74, 6) is 1.61. The highest BCUT2D eigenvalue weighted by atomic mass is 32.2. The van der Waals surface area contributed by atoms with Crippen LogP contribution in [-0.2, 0) is 18.7 Å². The molecule has 0 amide bonds. The van der Waals surface area contributed by atoms with Crippen LogP contribution in [0.2, 0.25) is 0 Å². The van der Waals surface area contributed by atoms with Crippen LogP contribution in [0.25, 0.3) is 0 Å². The van der Waals surface area contributed by atoms with Crippen molar-refractivity contribution < 1.29 is 0 Å². The van der Waals surface area contributed by atoms with Gasteiger partial charge >= 0.3 is 0 Å². The van der Waals surface area contributed by atoms with E-state index in [0.717, 1.165) is 18.7 Å². The van der Waals surface area contributed by atoms with Crippen molar-refractivity contribution in [1.29, 1.82) is 0 Å². The number of hydrogen-bond acceptors (Lipinski definition) is 4. The van der Waals surface area contributed by atoms with E-state index in [2.05, 4.69) is 50.4 Å². The van der Waals surface area contributed by atoms with Crippen LogP contribution in [-0.4, -0.2) is 12.0 Å². The molecule has 1 heterocycles. The lowest BCUT2D eigenvalue weighted by atomic mass is 10.1. The van der Waals surface area contributed by atoms with Crippen molar-refractivity contribution in [2.75, 3.05) is 7.05 Å². The van der Waals surface area contributed by atoms with Crippen LogP contribution in [0.1, 0.15) is 35.0 Å².